The summed E-state index contributed by atoms with van der Waals surface area (Å²) in [6.45, 7) is 8.81. The van der Waals surface area contributed by atoms with Gasteiger partial charge in [0.15, 0.2) is 21.8 Å². The zero-order valence-corrected chi connectivity index (χ0v) is 17.6. The van der Waals surface area contributed by atoms with Gasteiger partial charge in [-0.15, -0.1) is 0 Å². The van der Waals surface area contributed by atoms with E-state index in [1.807, 2.05) is 20.8 Å². The Hall–Kier alpha value is -2.01. The van der Waals surface area contributed by atoms with Crippen molar-refractivity contribution in [2.75, 3.05) is 11.5 Å². The molecule has 3 unspecified atom stereocenters. The lowest BCUT2D eigenvalue weighted by atomic mass is 9.96. The number of sulfone groups is 1. The molecule has 28 heavy (non-hydrogen) atoms. The Labute approximate surface area is 165 Å². The zero-order chi connectivity index (χ0) is 21.7. The molecule has 11 heteroatoms. The van der Waals surface area contributed by atoms with Gasteiger partial charge in [-0.3, -0.25) is 9.59 Å². The fourth-order valence-electron chi connectivity index (χ4n) is 2.21. The van der Waals surface area contributed by atoms with Gasteiger partial charge < -0.3 is 20.7 Å². The number of aliphatic hydroxyl groups is 1. The molecule has 4 N–H and O–H groups in total. The summed E-state index contributed by atoms with van der Waals surface area (Å²) in [4.78, 5) is 27.2. The number of hydrogen-bond acceptors (Lipinski definition) is 8. The van der Waals surface area contributed by atoms with E-state index in [9.17, 15) is 23.1 Å². The average Bonchev–Trinajstić information content (AvgIpc) is 3.07. The van der Waals surface area contributed by atoms with Crippen LogP contribution in [0.4, 0.5) is 0 Å². The van der Waals surface area contributed by atoms with Crippen molar-refractivity contribution in [2.45, 2.75) is 58.6 Å². The van der Waals surface area contributed by atoms with Crippen LogP contribution in [0.2, 0.25) is 0 Å². The number of carbonyl (C=O) groups is 2. The minimum atomic E-state index is -3.67. The molecule has 0 bridgehead atoms. The van der Waals surface area contributed by atoms with Gasteiger partial charge >= 0.3 is 0 Å². The molecule has 0 saturated heterocycles. The largest absolute Gasteiger partial charge is 0.381 e. The van der Waals surface area contributed by atoms with Crippen molar-refractivity contribution in [1.29, 1.82) is 0 Å². The van der Waals surface area contributed by atoms with Gasteiger partial charge in [-0.1, -0.05) is 39.8 Å². The summed E-state index contributed by atoms with van der Waals surface area (Å²) < 4.78 is 29.0. The van der Waals surface area contributed by atoms with Crippen LogP contribution in [-0.2, 0) is 24.8 Å². The third-order valence-electron chi connectivity index (χ3n) is 4.03. The van der Waals surface area contributed by atoms with Gasteiger partial charge in [0.25, 0.3) is 5.89 Å². The summed E-state index contributed by atoms with van der Waals surface area (Å²) in [6, 6.07) is -0.746. The molecule has 2 amide bonds. The number of aliphatic hydroxyl groups excluding tert-OH is 1. The van der Waals surface area contributed by atoms with Crippen LogP contribution in [0.3, 0.4) is 0 Å². The molecule has 1 radical (unpaired) electrons. The molecule has 0 saturated carbocycles. The van der Waals surface area contributed by atoms with E-state index in [1.165, 1.54) is 6.92 Å². The summed E-state index contributed by atoms with van der Waals surface area (Å²) in [5.74, 6) is -2.83. The zero-order valence-electron chi connectivity index (χ0n) is 16.8. The van der Waals surface area contributed by atoms with Crippen molar-refractivity contribution in [1.82, 2.24) is 15.5 Å². The van der Waals surface area contributed by atoms with Gasteiger partial charge in [0, 0.05) is 11.3 Å². The number of nitrogens with one attached hydrogen (secondary N) is 1. The number of carbonyl (C=O) groups excluding carboxylic acids is 2. The smallest absolute Gasteiger partial charge is 0.257 e. The first-order valence-corrected chi connectivity index (χ1v) is 10.7. The van der Waals surface area contributed by atoms with Crippen molar-refractivity contribution >= 4 is 21.7 Å². The number of aromatic nitrogens is 2. The maximum Gasteiger partial charge on any atom is 0.257 e. The van der Waals surface area contributed by atoms with E-state index < -0.39 is 51.2 Å². The van der Waals surface area contributed by atoms with Gasteiger partial charge in [0.05, 0.1) is 24.0 Å². The highest BCUT2D eigenvalue weighted by atomic mass is 32.2. The Morgan fingerprint density at radius 2 is 1.96 bits per heavy atom. The molecule has 0 aliphatic rings. The van der Waals surface area contributed by atoms with E-state index in [1.54, 1.807) is 6.92 Å². The van der Waals surface area contributed by atoms with Crippen LogP contribution < -0.4 is 11.1 Å². The molecule has 10 nitrogen and oxygen atoms in total. The molecule has 0 aliphatic heterocycles. The second-order valence-electron chi connectivity index (χ2n) is 7.76. The quantitative estimate of drug-likeness (QED) is 0.480. The number of primary amides is 1. The lowest BCUT2D eigenvalue weighted by molar-refractivity contribution is -0.121. The molecular weight excluding hydrogens is 388 g/mol. The Kier molecular flexibility index (Phi) is 8.12. The summed E-state index contributed by atoms with van der Waals surface area (Å²) in [6.07, 6.45) is 0.0594. The number of nitrogens with zero attached hydrogens (tertiary/aromatic N) is 2. The second kappa shape index (κ2) is 9.46. The first kappa shape index (κ1) is 24.0. The van der Waals surface area contributed by atoms with Crippen LogP contribution in [0.15, 0.2) is 4.52 Å². The SMILES string of the molecule is CCC(NC(=O)[CH]CS(=O)(=O)CC(C)C(N)=O)C(O)c1nc(C(C)(C)C)no1. The van der Waals surface area contributed by atoms with Crippen molar-refractivity contribution in [3.63, 3.8) is 0 Å². The molecule has 0 aliphatic carbocycles. The van der Waals surface area contributed by atoms with Crippen molar-refractivity contribution < 1.29 is 27.6 Å². The molecule has 1 aromatic heterocycles. The average molecular weight is 418 g/mol. The van der Waals surface area contributed by atoms with Crippen molar-refractivity contribution in [3.05, 3.63) is 18.1 Å². The fraction of sp³-hybridized carbons (Fsp3) is 0.706. The number of hydrogen-bond donors (Lipinski definition) is 3. The Morgan fingerprint density at radius 1 is 1.36 bits per heavy atom. The summed E-state index contributed by atoms with van der Waals surface area (Å²) in [5.41, 5.74) is 4.70. The van der Waals surface area contributed by atoms with E-state index in [4.69, 9.17) is 10.3 Å². The minimum absolute atomic E-state index is 0.0278. The van der Waals surface area contributed by atoms with E-state index in [-0.39, 0.29) is 11.3 Å². The van der Waals surface area contributed by atoms with Gasteiger partial charge in [-0.25, -0.2) is 8.42 Å². The molecule has 0 aromatic carbocycles. The van der Waals surface area contributed by atoms with Crippen LogP contribution in [0.5, 0.6) is 0 Å². The van der Waals surface area contributed by atoms with E-state index in [0.717, 1.165) is 6.42 Å². The van der Waals surface area contributed by atoms with E-state index in [2.05, 4.69) is 15.5 Å². The highest BCUT2D eigenvalue weighted by Crippen LogP contribution is 2.23. The van der Waals surface area contributed by atoms with Crippen LogP contribution >= 0.6 is 0 Å². The van der Waals surface area contributed by atoms with Gasteiger partial charge in [0.1, 0.15) is 0 Å². The molecule has 0 spiro atoms. The summed E-state index contributed by atoms with van der Waals surface area (Å²) >= 11 is 0. The lowest BCUT2D eigenvalue weighted by Crippen LogP contribution is -2.40. The second-order valence-corrected chi connectivity index (χ2v) is 9.91. The van der Waals surface area contributed by atoms with Gasteiger partial charge in [-0.05, 0) is 6.42 Å². The molecule has 3 atom stereocenters. The molecule has 0 fully saturated rings. The number of amides is 2. The summed E-state index contributed by atoms with van der Waals surface area (Å²) in [7, 11) is -3.67. The Balaban J connectivity index is 2.68. The first-order chi connectivity index (χ1) is 12.8. The van der Waals surface area contributed by atoms with Crippen LogP contribution in [0.1, 0.15) is 58.9 Å². The monoisotopic (exact) mass is 417 g/mol. The maximum atomic E-state index is 12.1. The van der Waals surface area contributed by atoms with Crippen LogP contribution in [-0.4, -0.2) is 53.0 Å². The van der Waals surface area contributed by atoms with E-state index >= 15 is 0 Å². The Morgan fingerprint density at radius 3 is 2.43 bits per heavy atom. The maximum absolute atomic E-state index is 12.1. The molecule has 1 heterocycles. The van der Waals surface area contributed by atoms with Crippen molar-refractivity contribution in [2.24, 2.45) is 11.7 Å². The topological polar surface area (TPSA) is 165 Å². The van der Waals surface area contributed by atoms with Gasteiger partial charge in [0.2, 0.25) is 11.8 Å². The normalized spacial score (nSPS) is 15.6. The predicted molar refractivity (Wildman–Crippen MR) is 101 cm³/mol. The van der Waals surface area contributed by atoms with Crippen molar-refractivity contribution in [3.8, 4) is 0 Å². The van der Waals surface area contributed by atoms with Gasteiger partial charge in [-0.2, -0.15) is 4.98 Å². The molecular formula is C17H29N4O6S. The summed E-state index contributed by atoms with van der Waals surface area (Å²) in [5, 5.41) is 16.8. The third kappa shape index (κ3) is 7.19. The number of nitrogens with two attached hydrogens (primary N) is 1. The lowest BCUT2D eigenvalue weighted by Gasteiger charge is -2.20. The van der Waals surface area contributed by atoms with Crippen LogP contribution in [0, 0.1) is 12.3 Å². The molecule has 1 rings (SSSR count). The molecule has 159 valence electrons. The first-order valence-electron chi connectivity index (χ1n) is 8.92. The number of rotatable bonds is 10. The minimum Gasteiger partial charge on any atom is -0.381 e. The third-order valence-corrected chi connectivity index (χ3v) is 5.71. The predicted octanol–water partition coefficient (Wildman–Crippen LogP) is 0.0358. The van der Waals surface area contributed by atoms with E-state index in [0.29, 0.717) is 12.2 Å². The highest BCUT2D eigenvalue weighted by molar-refractivity contribution is 7.91. The van der Waals surface area contributed by atoms with Crippen LogP contribution in [0.25, 0.3) is 0 Å². The Bertz CT molecular complexity index is 784. The standard InChI is InChI=1S/C17H29N4O6S/c1-6-11(13(23)15-20-16(21-27-15)17(3,4)5)19-12(22)7-8-28(25,26)9-10(2)14(18)24/h7,10-11,13,23H,6,8-9H2,1-5H3,(H2,18,24)(H,19,22). The molecule has 1 aromatic rings. The highest BCUT2D eigenvalue weighted by Gasteiger charge is 2.29. The fourth-order valence-corrected chi connectivity index (χ4v) is 3.68.